The van der Waals surface area contributed by atoms with Gasteiger partial charge >= 0.3 is 0 Å². The van der Waals surface area contributed by atoms with Gasteiger partial charge in [-0.15, -0.1) is 0 Å². The lowest BCUT2D eigenvalue weighted by Gasteiger charge is -2.38. The summed E-state index contributed by atoms with van der Waals surface area (Å²) in [6, 6.07) is 2.51. The average molecular weight is 328 g/mol. The van der Waals surface area contributed by atoms with Crippen LogP contribution in [0, 0.1) is 0 Å². The molecule has 2 heterocycles. The second-order valence-electron chi connectivity index (χ2n) is 6.76. The molecule has 118 valence electrons. The van der Waals surface area contributed by atoms with Crippen molar-refractivity contribution in [1.82, 2.24) is 10.3 Å². The monoisotopic (exact) mass is 327 g/mol. The molecule has 2 atom stereocenters. The van der Waals surface area contributed by atoms with Crippen LogP contribution in [-0.2, 0) is 6.54 Å². The molecule has 1 aliphatic rings. The van der Waals surface area contributed by atoms with Gasteiger partial charge in [0.25, 0.3) is 0 Å². The molecule has 0 spiro atoms. The summed E-state index contributed by atoms with van der Waals surface area (Å²) in [4.78, 5) is 6.97. The highest BCUT2D eigenvalue weighted by Crippen LogP contribution is 2.32. The Morgan fingerprint density at radius 1 is 1.43 bits per heavy atom. The van der Waals surface area contributed by atoms with E-state index in [1.165, 1.54) is 0 Å². The van der Waals surface area contributed by atoms with Crippen molar-refractivity contribution >= 4 is 29.2 Å². The highest BCUT2D eigenvalue weighted by Gasteiger charge is 2.27. The molecule has 0 saturated carbocycles. The number of nitrogens with zero attached hydrogens (tertiary/aromatic N) is 2. The Kier molecular flexibility index (Phi) is 5.44. The third-order valence-corrected chi connectivity index (χ3v) is 5.47. The SMILES string of the molecule is CC1SCCN(c2ncc(CNC(C)(C)C)cc2Cl)C1C. The fourth-order valence-electron chi connectivity index (χ4n) is 2.38. The normalized spacial score (nSPS) is 23.4. The summed E-state index contributed by atoms with van der Waals surface area (Å²) in [6.45, 7) is 12.8. The Hall–Kier alpha value is -0.450. The van der Waals surface area contributed by atoms with Crippen LogP contribution in [0.2, 0.25) is 5.02 Å². The molecule has 5 heteroatoms. The van der Waals surface area contributed by atoms with Gasteiger partial charge in [0, 0.05) is 41.9 Å². The highest BCUT2D eigenvalue weighted by molar-refractivity contribution is 8.00. The van der Waals surface area contributed by atoms with E-state index >= 15 is 0 Å². The van der Waals surface area contributed by atoms with E-state index in [4.69, 9.17) is 11.6 Å². The van der Waals surface area contributed by atoms with Gasteiger partial charge in [0.05, 0.1) is 5.02 Å². The molecule has 1 saturated heterocycles. The second kappa shape index (κ2) is 6.76. The molecule has 1 aromatic heterocycles. The summed E-state index contributed by atoms with van der Waals surface area (Å²) in [5.41, 5.74) is 1.23. The van der Waals surface area contributed by atoms with E-state index in [9.17, 15) is 0 Å². The van der Waals surface area contributed by atoms with E-state index in [1.54, 1.807) is 0 Å². The third-order valence-electron chi connectivity index (χ3n) is 3.86. The molecule has 21 heavy (non-hydrogen) atoms. The number of rotatable bonds is 3. The van der Waals surface area contributed by atoms with Crippen molar-refractivity contribution in [2.45, 2.75) is 58.0 Å². The summed E-state index contributed by atoms with van der Waals surface area (Å²) < 4.78 is 0. The van der Waals surface area contributed by atoms with Gasteiger partial charge in [0.15, 0.2) is 0 Å². The third kappa shape index (κ3) is 4.51. The summed E-state index contributed by atoms with van der Waals surface area (Å²) in [6.07, 6.45) is 1.94. The van der Waals surface area contributed by atoms with Gasteiger partial charge in [-0.25, -0.2) is 4.98 Å². The zero-order chi connectivity index (χ0) is 15.6. The molecule has 1 fully saturated rings. The van der Waals surface area contributed by atoms with E-state index < -0.39 is 0 Å². The van der Waals surface area contributed by atoms with Crippen LogP contribution in [-0.4, -0.2) is 34.1 Å². The van der Waals surface area contributed by atoms with Gasteiger partial charge < -0.3 is 10.2 Å². The first-order chi connectivity index (χ1) is 9.78. The van der Waals surface area contributed by atoms with Crippen LogP contribution in [0.3, 0.4) is 0 Å². The molecule has 0 aromatic carbocycles. The topological polar surface area (TPSA) is 28.2 Å². The number of anilines is 1. The number of pyridine rings is 1. The average Bonchev–Trinajstić information content (AvgIpc) is 2.39. The van der Waals surface area contributed by atoms with E-state index in [0.717, 1.165) is 35.2 Å². The van der Waals surface area contributed by atoms with Gasteiger partial charge in [-0.05, 0) is 39.3 Å². The standard InChI is InChI=1S/C16H26ClN3S/c1-11-12(2)21-7-6-20(11)15-14(17)8-13(9-18-15)10-19-16(3,4)5/h8-9,11-12,19H,6-7,10H2,1-5H3. The summed E-state index contributed by atoms with van der Waals surface area (Å²) >= 11 is 8.51. The maximum Gasteiger partial charge on any atom is 0.147 e. The predicted molar refractivity (Wildman–Crippen MR) is 94.6 cm³/mol. The number of hydrogen-bond acceptors (Lipinski definition) is 4. The molecule has 0 amide bonds. The molecule has 1 N–H and O–H groups in total. The van der Waals surface area contributed by atoms with Crippen molar-refractivity contribution in [3.63, 3.8) is 0 Å². The number of thioether (sulfide) groups is 1. The van der Waals surface area contributed by atoms with E-state index in [1.807, 2.05) is 24.0 Å². The highest BCUT2D eigenvalue weighted by atomic mass is 35.5. The number of halogens is 1. The minimum absolute atomic E-state index is 0.0964. The molecule has 2 unspecified atom stereocenters. The number of aromatic nitrogens is 1. The van der Waals surface area contributed by atoms with Gasteiger partial charge in [0.1, 0.15) is 5.82 Å². The van der Waals surface area contributed by atoms with Crippen LogP contribution >= 0.6 is 23.4 Å². The van der Waals surface area contributed by atoms with Crippen LogP contribution < -0.4 is 10.2 Å². The molecular formula is C16H26ClN3S. The Morgan fingerprint density at radius 3 is 2.76 bits per heavy atom. The van der Waals surface area contributed by atoms with Crippen LogP contribution in [0.25, 0.3) is 0 Å². The summed E-state index contributed by atoms with van der Waals surface area (Å²) in [7, 11) is 0. The largest absolute Gasteiger partial charge is 0.351 e. The van der Waals surface area contributed by atoms with Crippen molar-refractivity contribution in [3.05, 3.63) is 22.8 Å². The first kappa shape index (κ1) is 16.9. The fourth-order valence-corrected chi connectivity index (χ4v) is 3.77. The minimum atomic E-state index is 0.0964. The van der Waals surface area contributed by atoms with Crippen molar-refractivity contribution < 1.29 is 0 Å². The Morgan fingerprint density at radius 2 is 2.14 bits per heavy atom. The molecule has 3 nitrogen and oxygen atoms in total. The van der Waals surface area contributed by atoms with Crippen LogP contribution in [0.15, 0.2) is 12.3 Å². The Bertz CT molecular complexity index is 487. The van der Waals surface area contributed by atoms with Crippen LogP contribution in [0.4, 0.5) is 5.82 Å². The lowest BCUT2D eigenvalue weighted by Crippen LogP contribution is -2.45. The maximum atomic E-state index is 6.49. The van der Waals surface area contributed by atoms with E-state index in [2.05, 4.69) is 49.8 Å². The molecular weight excluding hydrogens is 302 g/mol. The lowest BCUT2D eigenvalue weighted by molar-refractivity contribution is 0.424. The molecule has 0 aliphatic carbocycles. The Labute approximate surface area is 137 Å². The van der Waals surface area contributed by atoms with Crippen LogP contribution in [0.1, 0.15) is 40.2 Å². The Balaban J connectivity index is 2.12. The summed E-state index contributed by atoms with van der Waals surface area (Å²) in [5.74, 6) is 2.06. The number of nitrogens with one attached hydrogen (secondary N) is 1. The minimum Gasteiger partial charge on any atom is -0.351 e. The van der Waals surface area contributed by atoms with Crippen LogP contribution in [0.5, 0.6) is 0 Å². The van der Waals surface area contributed by atoms with Gasteiger partial charge in [-0.1, -0.05) is 18.5 Å². The van der Waals surface area contributed by atoms with E-state index in [0.29, 0.717) is 11.3 Å². The molecule has 0 bridgehead atoms. The maximum absolute atomic E-state index is 6.49. The first-order valence-corrected chi connectivity index (χ1v) is 8.98. The van der Waals surface area contributed by atoms with Gasteiger partial charge in [-0.2, -0.15) is 11.8 Å². The quantitative estimate of drug-likeness (QED) is 0.909. The molecule has 2 rings (SSSR count). The number of hydrogen-bond donors (Lipinski definition) is 1. The van der Waals surface area contributed by atoms with E-state index in [-0.39, 0.29) is 5.54 Å². The van der Waals surface area contributed by atoms with Crippen molar-refractivity contribution in [2.75, 3.05) is 17.2 Å². The predicted octanol–water partition coefficient (Wildman–Crippen LogP) is 3.95. The second-order valence-corrected chi connectivity index (χ2v) is 8.65. The smallest absolute Gasteiger partial charge is 0.147 e. The van der Waals surface area contributed by atoms with Crippen molar-refractivity contribution in [1.29, 1.82) is 0 Å². The zero-order valence-corrected chi connectivity index (χ0v) is 15.2. The fraction of sp³-hybridized carbons (Fsp3) is 0.688. The van der Waals surface area contributed by atoms with Crippen molar-refractivity contribution in [2.24, 2.45) is 0 Å². The van der Waals surface area contributed by atoms with Gasteiger partial charge in [0.2, 0.25) is 0 Å². The lowest BCUT2D eigenvalue weighted by atomic mass is 10.1. The molecule has 1 aliphatic heterocycles. The molecule has 1 aromatic rings. The summed E-state index contributed by atoms with van der Waals surface area (Å²) in [5, 5.41) is 4.83. The zero-order valence-electron chi connectivity index (χ0n) is 13.6. The molecule has 0 radical (unpaired) electrons. The first-order valence-electron chi connectivity index (χ1n) is 7.55. The van der Waals surface area contributed by atoms with Gasteiger partial charge in [-0.3, -0.25) is 0 Å². The van der Waals surface area contributed by atoms with Crippen molar-refractivity contribution in [3.8, 4) is 0 Å².